The summed E-state index contributed by atoms with van der Waals surface area (Å²) in [5.74, 6) is 0.0426. The van der Waals surface area contributed by atoms with E-state index in [4.69, 9.17) is 0 Å². The Bertz CT molecular complexity index is 325. The van der Waals surface area contributed by atoms with E-state index < -0.39 is 0 Å². The van der Waals surface area contributed by atoms with Gasteiger partial charge in [0.25, 0.3) is 0 Å². The van der Waals surface area contributed by atoms with Crippen LogP contribution in [-0.2, 0) is 4.79 Å². The van der Waals surface area contributed by atoms with E-state index in [0.29, 0.717) is 6.04 Å². The van der Waals surface area contributed by atoms with Crippen molar-refractivity contribution in [2.75, 3.05) is 18.0 Å². The Morgan fingerprint density at radius 1 is 1.80 bits per heavy atom. The maximum absolute atomic E-state index is 10.9. The monoisotopic (exact) mass is 225 g/mol. The molecule has 15 heavy (non-hydrogen) atoms. The third kappa shape index (κ3) is 2.47. The molecule has 2 rings (SSSR count). The Kier molecular flexibility index (Phi) is 3.20. The number of hydrogen-bond acceptors (Lipinski definition) is 4. The van der Waals surface area contributed by atoms with Crippen molar-refractivity contribution in [1.82, 2.24) is 10.3 Å². The Balaban J connectivity index is 1.96. The average molecular weight is 225 g/mol. The lowest BCUT2D eigenvalue weighted by Gasteiger charge is -2.23. The number of thiazole rings is 1. The molecule has 0 aliphatic carbocycles. The summed E-state index contributed by atoms with van der Waals surface area (Å²) in [4.78, 5) is 17.5. The van der Waals surface area contributed by atoms with Crippen LogP contribution in [0.15, 0.2) is 11.6 Å². The molecule has 1 fully saturated rings. The lowest BCUT2D eigenvalue weighted by Crippen LogP contribution is -2.39. The summed E-state index contributed by atoms with van der Waals surface area (Å²) in [5.41, 5.74) is 0. The maximum atomic E-state index is 10.9. The number of carbonyl (C=O) groups excluding carboxylic acids is 1. The molecule has 1 amide bonds. The normalized spacial score (nSPS) is 20.6. The first-order valence-corrected chi connectivity index (χ1v) is 6.06. The molecule has 0 radical (unpaired) electrons. The molecule has 1 aromatic rings. The number of carbonyl (C=O) groups is 1. The van der Waals surface area contributed by atoms with Crippen LogP contribution in [-0.4, -0.2) is 30.0 Å². The van der Waals surface area contributed by atoms with Crippen LogP contribution in [0.2, 0.25) is 0 Å². The third-order valence-corrected chi connectivity index (χ3v) is 3.44. The van der Waals surface area contributed by atoms with Gasteiger partial charge in [0, 0.05) is 37.6 Å². The van der Waals surface area contributed by atoms with E-state index in [2.05, 4.69) is 15.2 Å². The molecule has 82 valence electrons. The van der Waals surface area contributed by atoms with Crippen LogP contribution >= 0.6 is 11.3 Å². The predicted octanol–water partition coefficient (Wildman–Crippen LogP) is 1.25. The molecular formula is C10H15N3OS. The Morgan fingerprint density at radius 3 is 3.33 bits per heavy atom. The zero-order chi connectivity index (χ0) is 10.7. The van der Waals surface area contributed by atoms with Gasteiger partial charge in [0.15, 0.2) is 5.13 Å². The second kappa shape index (κ2) is 4.61. The number of amides is 1. The van der Waals surface area contributed by atoms with Gasteiger partial charge in [-0.2, -0.15) is 0 Å². The van der Waals surface area contributed by atoms with Crippen LogP contribution in [0.1, 0.15) is 19.8 Å². The van der Waals surface area contributed by atoms with Crippen LogP contribution in [0.4, 0.5) is 5.13 Å². The second-order valence-corrected chi connectivity index (χ2v) is 4.61. The number of hydrogen-bond donors (Lipinski definition) is 1. The smallest absolute Gasteiger partial charge is 0.216 e. The summed E-state index contributed by atoms with van der Waals surface area (Å²) in [6.07, 6.45) is 4.15. The van der Waals surface area contributed by atoms with Gasteiger partial charge in [0.1, 0.15) is 0 Å². The molecule has 1 aliphatic rings. The minimum absolute atomic E-state index is 0.0426. The van der Waals surface area contributed by atoms with E-state index in [9.17, 15) is 4.79 Å². The maximum Gasteiger partial charge on any atom is 0.216 e. The van der Waals surface area contributed by atoms with Crippen molar-refractivity contribution >= 4 is 22.4 Å². The molecule has 0 aromatic carbocycles. The minimum Gasteiger partial charge on any atom is -0.354 e. The van der Waals surface area contributed by atoms with Crippen molar-refractivity contribution in [3.05, 3.63) is 11.6 Å². The molecule has 1 aromatic heterocycles. The van der Waals surface area contributed by atoms with E-state index in [-0.39, 0.29) is 5.91 Å². The zero-order valence-electron chi connectivity index (χ0n) is 8.77. The molecule has 2 heterocycles. The summed E-state index contributed by atoms with van der Waals surface area (Å²) in [6, 6.07) is 0.417. The lowest BCUT2D eigenvalue weighted by molar-refractivity contribution is -0.119. The van der Waals surface area contributed by atoms with Gasteiger partial charge in [-0.3, -0.25) is 4.79 Å². The first-order valence-electron chi connectivity index (χ1n) is 5.18. The largest absolute Gasteiger partial charge is 0.354 e. The average Bonchev–Trinajstić information content (AvgIpc) is 2.85. The number of nitrogens with one attached hydrogen (secondary N) is 1. The summed E-state index contributed by atoms with van der Waals surface area (Å²) in [5, 5.41) is 5.94. The van der Waals surface area contributed by atoms with Crippen molar-refractivity contribution in [2.24, 2.45) is 0 Å². The van der Waals surface area contributed by atoms with Crippen LogP contribution in [0.3, 0.4) is 0 Å². The van der Waals surface area contributed by atoms with Gasteiger partial charge in [0.05, 0.1) is 0 Å². The van der Waals surface area contributed by atoms with Gasteiger partial charge in [-0.25, -0.2) is 4.98 Å². The molecule has 1 saturated heterocycles. The fourth-order valence-electron chi connectivity index (χ4n) is 1.92. The first-order chi connectivity index (χ1) is 7.27. The standard InChI is InChI=1S/C10H15N3OS/c1-8(14)12-7-9-3-2-5-13(9)10-11-4-6-15-10/h4,6,9H,2-3,5,7H2,1H3,(H,12,14). The highest BCUT2D eigenvalue weighted by Gasteiger charge is 2.26. The van der Waals surface area contributed by atoms with Crippen molar-refractivity contribution < 1.29 is 4.79 Å². The summed E-state index contributed by atoms with van der Waals surface area (Å²) in [7, 11) is 0. The van der Waals surface area contributed by atoms with Gasteiger partial charge in [-0.1, -0.05) is 0 Å². The number of nitrogens with zero attached hydrogens (tertiary/aromatic N) is 2. The zero-order valence-corrected chi connectivity index (χ0v) is 9.59. The highest BCUT2D eigenvalue weighted by atomic mass is 32.1. The Hall–Kier alpha value is -1.10. The fraction of sp³-hybridized carbons (Fsp3) is 0.600. The highest BCUT2D eigenvalue weighted by molar-refractivity contribution is 7.13. The molecular weight excluding hydrogens is 210 g/mol. The van der Waals surface area contributed by atoms with Crippen molar-refractivity contribution in [1.29, 1.82) is 0 Å². The van der Waals surface area contributed by atoms with Gasteiger partial charge in [-0.15, -0.1) is 11.3 Å². The van der Waals surface area contributed by atoms with Crippen molar-refractivity contribution in [2.45, 2.75) is 25.8 Å². The van der Waals surface area contributed by atoms with Gasteiger partial charge in [-0.05, 0) is 12.8 Å². The van der Waals surface area contributed by atoms with Crippen LogP contribution in [0.5, 0.6) is 0 Å². The summed E-state index contributed by atoms with van der Waals surface area (Å²) in [6.45, 7) is 3.34. The molecule has 1 N–H and O–H groups in total. The van der Waals surface area contributed by atoms with Gasteiger partial charge >= 0.3 is 0 Å². The number of aromatic nitrogens is 1. The van der Waals surface area contributed by atoms with Crippen molar-refractivity contribution in [3.8, 4) is 0 Å². The van der Waals surface area contributed by atoms with Crippen molar-refractivity contribution in [3.63, 3.8) is 0 Å². The second-order valence-electron chi connectivity index (χ2n) is 3.74. The topological polar surface area (TPSA) is 45.2 Å². The molecule has 0 saturated carbocycles. The minimum atomic E-state index is 0.0426. The van der Waals surface area contributed by atoms with E-state index in [1.807, 2.05) is 11.6 Å². The SMILES string of the molecule is CC(=O)NCC1CCCN1c1nccs1. The quantitative estimate of drug-likeness (QED) is 0.842. The Morgan fingerprint density at radius 2 is 2.67 bits per heavy atom. The van der Waals surface area contributed by atoms with Crippen LogP contribution in [0.25, 0.3) is 0 Å². The van der Waals surface area contributed by atoms with E-state index in [1.54, 1.807) is 18.3 Å². The fourth-order valence-corrected chi connectivity index (χ4v) is 2.66. The van der Waals surface area contributed by atoms with E-state index in [1.165, 1.54) is 6.42 Å². The van der Waals surface area contributed by atoms with Gasteiger partial charge in [0.2, 0.25) is 5.91 Å². The van der Waals surface area contributed by atoms with Crippen LogP contribution in [0, 0.1) is 0 Å². The molecule has 1 aliphatic heterocycles. The number of rotatable bonds is 3. The van der Waals surface area contributed by atoms with E-state index >= 15 is 0 Å². The Labute approximate surface area is 93.3 Å². The predicted molar refractivity (Wildman–Crippen MR) is 61.2 cm³/mol. The lowest BCUT2D eigenvalue weighted by atomic mass is 10.2. The first kappa shape index (κ1) is 10.4. The number of anilines is 1. The molecule has 5 heteroatoms. The summed E-state index contributed by atoms with van der Waals surface area (Å²) < 4.78 is 0. The summed E-state index contributed by atoms with van der Waals surface area (Å²) >= 11 is 1.66. The molecule has 1 unspecified atom stereocenters. The molecule has 1 atom stereocenters. The van der Waals surface area contributed by atoms with Gasteiger partial charge < -0.3 is 10.2 Å². The molecule has 0 spiro atoms. The molecule has 0 bridgehead atoms. The molecule has 4 nitrogen and oxygen atoms in total. The van der Waals surface area contributed by atoms with E-state index in [0.717, 1.165) is 24.6 Å². The third-order valence-electron chi connectivity index (χ3n) is 2.63. The van der Waals surface area contributed by atoms with Crippen LogP contribution < -0.4 is 10.2 Å². The highest BCUT2D eigenvalue weighted by Crippen LogP contribution is 2.26.